The van der Waals surface area contributed by atoms with E-state index in [0.717, 1.165) is 4.57 Å². The van der Waals surface area contributed by atoms with Crippen molar-refractivity contribution < 1.29 is 45.8 Å². The first-order valence-corrected chi connectivity index (χ1v) is 13.0. The van der Waals surface area contributed by atoms with Crippen LogP contribution < -0.4 is 31.8 Å². The lowest BCUT2D eigenvalue weighted by Crippen LogP contribution is -2.40. The number of carboxylic acids is 1. The molecule has 0 aliphatic heterocycles. The van der Waals surface area contributed by atoms with Crippen molar-refractivity contribution in [3.05, 3.63) is 51.9 Å². The first-order chi connectivity index (χ1) is 19.0. The molecular formula is C22H26ClF3N6O8S. The number of aliphatic carboxylic acids is 1. The molecule has 1 heterocycles. The highest BCUT2D eigenvalue weighted by atomic mass is 35.5. The number of sulfonamides is 1. The number of nitrogens with zero attached hydrogens (tertiary/aromatic N) is 2. The molecule has 0 spiro atoms. The number of nitrogens with one attached hydrogen (secondary N) is 2. The molecule has 0 fully saturated rings. The minimum Gasteiger partial charge on any atom is -0.495 e. The van der Waals surface area contributed by atoms with Crippen LogP contribution in [-0.4, -0.2) is 68.1 Å². The van der Waals surface area contributed by atoms with Gasteiger partial charge in [0, 0.05) is 17.8 Å². The van der Waals surface area contributed by atoms with Crippen molar-refractivity contribution in [1.29, 1.82) is 0 Å². The molecule has 0 radical (unpaired) electrons. The summed E-state index contributed by atoms with van der Waals surface area (Å²) in [6.07, 6.45) is -2.46. The molecule has 7 N–H and O–H groups in total. The van der Waals surface area contributed by atoms with Gasteiger partial charge < -0.3 is 36.0 Å². The van der Waals surface area contributed by atoms with Crippen LogP contribution in [0.3, 0.4) is 0 Å². The van der Waals surface area contributed by atoms with Crippen LogP contribution in [0.1, 0.15) is 12.8 Å². The lowest BCUT2D eigenvalue weighted by molar-refractivity contribution is -0.192. The van der Waals surface area contributed by atoms with E-state index in [1.54, 1.807) is 0 Å². The zero-order valence-electron chi connectivity index (χ0n) is 21.2. The molecule has 226 valence electrons. The van der Waals surface area contributed by atoms with Crippen LogP contribution in [0, 0.1) is 0 Å². The van der Waals surface area contributed by atoms with E-state index in [-0.39, 0.29) is 27.3 Å². The number of aliphatic imine (C=N–C) groups is 1. The van der Waals surface area contributed by atoms with Crippen molar-refractivity contribution in [2.24, 2.45) is 16.5 Å². The van der Waals surface area contributed by atoms with Crippen LogP contribution in [0.4, 0.5) is 18.9 Å². The van der Waals surface area contributed by atoms with E-state index >= 15 is 0 Å². The lowest BCUT2D eigenvalue weighted by Gasteiger charge is -2.14. The number of nitrogens with two attached hydrogens (primary N) is 2. The van der Waals surface area contributed by atoms with Crippen LogP contribution in [0.25, 0.3) is 0 Å². The molecule has 0 aliphatic rings. The Bertz CT molecular complexity index is 1430. The van der Waals surface area contributed by atoms with E-state index < -0.39 is 46.2 Å². The zero-order valence-corrected chi connectivity index (χ0v) is 22.8. The topological polar surface area (TPSA) is 225 Å². The molecule has 1 amide bonds. The molecule has 0 unspecified atom stereocenters. The predicted molar refractivity (Wildman–Crippen MR) is 141 cm³/mol. The third-order valence-electron chi connectivity index (χ3n) is 4.71. The second kappa shape index (κ2) is 15.5. The van der Waals surface area contributed by atoms with Crippen molar-refractivity contribution in [2.45, 2.75) is 36.5 Å². The van der Waals surface area contributed by atoms with Gasteiger partial charge in [-0.15, -0.1) is 0 Å². The normalized spacial score (nSPS) is 11.7. The number of carbonyl (C=O) groups is 3. The summed E-state index contributed by atoms with van der Waals surface area (Å²) in [5.41, 5.74) is 9.40. The van der Waals surface area contributed by atoms with Crippen LogP contribution >= 0.6 is 11.6 Å². The van der Waals surface area contributed by atoms with Gasteiger partial charge in [-0.05, 0) is 43.2 Å². The number of pyridine rings is 1. The number of hydrogen-bond donors (Lipinski definition) is 5. The maximum absolute atomic E-state index is 12.8. The fraction of sp³-hybridized carbons (Fsp3) is 0.318. The van der Waals surface area contributed by atoms with E-state index in [1.165, 1.54) is 43.6 Å². The van der Waals surface area contributed by atoms with E-state index in [0.29, 0.717) is 25.7 Å². The molecular weight excluding hydrogens is 601 g/mol. The number of amides is 1. The zero-order chi connectivity index (χ0) is 31.4. The summed E-state index contributed by atoms with van der Waals surface area (Å²) < 4.78 is 65.7. The molecule has 1 aromatic carbocycles. The number of methoxy groups -OCH3 is 1. The Morgan fingerprint density at radius 3 is 2.44 bits per heavy atom. The monoisotopic (exact) mass is 626 g/mol. The van der Waals surface area contributed by atoms with E-state index in [4.69, 9.17) is 37.7 Å². The SMILES string of the molecule is COc1ccc(Cl)cc1S(=O)(=O)Nc1cccn(CC(=O)N[C@H](C=O)CCCN=C(N)N)c1=O.O=C(O)C(F)(F)F. The Morgan fingerprint density at radius 1 is 1.27 bits per heavy atom. The number of hydrogen-bond acceptors (Lipinski definition) is 8. The van der Waals surface area contributed by atoms with Crippen molar-refractivity contribution >= 4 is 51.4 Å². The highest BCUT2D eigenvalue weighted by Gasteiger charge is 2.38. The van der Waals surface area contributed by atoms with Crippen LogP contribution in [0.2, 0.25) is 5.02 Å². The highest BCUT2D eigenvalue weighted by Crippen LogP contribution is 2.28. The Labute approximate surface area is 236 Å². The maximum atomic E-state index is 12.8. The summed E-state index contributed by atoms with van der Waals surface area (Å²) >= 11 is 5.90. The molecule has 0 bridgehead atoms. The smallest absolute Gasteiger partial charge is 0.490 e. The van der Waals surface area contributed by atoms with Gasteiger partial charge >= 0.3 is 12.1 Å². The van der Waals surface area contributed by atoms with E-state index in [1.807, 2.05) is 0 Å². The van der Waals surface area contributed by atoms with Gasteiger partial charge in [0.15, 0.2) is 5.96 Å². The van der Waals surface area contributed by atoms with Gasteiger partial charge in [-0.2, -0.15) is 13.2 Å². The molecule has 0 saturated heterocycles. The number of ether oxygens (including phenoxy) is 1. The number of alkyl halides is 3. The number of aldehydes is 1. The summed E-state index contributed by atoms with van der Waals surface area (Å²) in [5, 5.41) is 9.78. The third-order valence-corrected chi connectivity index (χ3v) is 6.34. The molecule has 1 atom stereocenters. The van der Waals surface area contributed by atoms with Gasteiger partial charge in [0.2, 0.25) is 5.91 Å². The number of aromatic nitrogens is 1. The molecule has 0 saturated carbocycles. The number of benzene rings is 1. The van der Waals surface area contributed by atoms with Gasteiger partial charge in [-0.1, -0.05) is 11.6 Å². The lowest BCUT2D eigenvalue weighted by atomic mass is 10.2. The molecule has 0 aliphatic carbocycles. The third kappa shape index (κ3) is 11.8. The number of anilines is 1. The Balaban J connectivity index is 0.00000106. The van der Waals surface area contributed by atoms with Crippen molar-refractivity contribution in [3.63, 3.8) is 0 Å². The molecule has 2 rings (SSSR count). The molecule has 19 heteroatoms. The van der Waals surface area contributed by atoms with Crippen molar-refractivity contribution in [3.8, 4) is 5.75 Å². The molecule has 2 aromatic rings. The first-order valence-electron chi connectivity index (χ1n) is 11.2. The van der Waals surface area contributed by atoms with Crippen LogP contribution in [-0.2, 0) is 31.0 Å². The van der Waals surface area contributed by atoms with Gasteiger partial charge in [0.05, 0.1) is 13.2 Å². The van der Waals surface area contributed by atoms with Crippen molar-refractivity contribution in [2.75, 3.05) is 18.4 Å². The van der Waals surface area contributed by atoms with E-state index in [2.05, 4.69) is 15.0 Å². The minimum absolute atomic E-state index is 0.0345. The minimum atomic E-state index is -5.08. The summed E-state index contributed by atoms with van der Waals surface area (Å²) in [5.74, 6) is -3.41. The fourth-order valence-electron chi connectivity index (χ4n) is 2.90. The Hall–Kier alpha value is -4.32. The first kappa shape index (κ1) is 34.7. The van der Waals surface area contributed by atoms with Gasteiger partial charge in [-0.25, -0.2) is 13.2 Å². The van der Waals surface area contributed by atoms with Crippen molar-refractivity contribution in [1.82, 2.24) is 9.88 Å². The average Bonchev–Trinajstić information content (AvgIpc) is 2.87. The number of carbonyl (C=O) groups excluding carboxylic acids is 2. The van der Waals surface area contributed by atoms with Gasteiger partial charge in [0.25, 0.3) is 15.6 Å². The average molecular weight is 627 g/mol. The number of halogens is 4. The predicted octanol–water partition coefficient (Wildman–Crippen LogP) is 0.682. The largest absolute Gasteiger partial charge is 0.495 e. The fourth-order valence-corrected chi connectivity index (χ4v) is 4.39. The molecule has 41 heavy (non-hydrogen) atoms. The number of rotatable bonds is 12. The van der Waals surface area contributed by atoms with Crippen LogP contribution in [0.5, 0.6) is 5.75 Å². The molecule has 14 nitrogen and oxygen atoms in total. The van der Waals surface area contributed by atoms with E-state index in [9.17, 15) is 36.0 Å². The summed E-state index contributed by atoms with van der Waals surface area (Å²) in [4.78, 5) is 48.8. The van der Waals surface area contributed by atoms with Gasteiger partial charge in [0.1, 0.15) is 29.2 Å². The summed E-state index contributed by atoms with van der Waals surface area (Å²) in [6.45, 7) is -0.144. The molecule has 1 aromatic heterocycles. The maximum Gasteiger partial charge on any atom is 0.490 e. The quantitative estimate of drug-likeness (QED) is 0.0958. The van der Waals surface area contributed by atoms with Gasteiger partial charge in [-0.3, -0.25) is 19.3 Å². The summed E-state index contributed by atoms with van der Waals surface area (Å²) in [7, 11) is -2.94. The number of guanidine groups is 1. The number of carboxylic acid groups (broad SMARTS) is 1. The summed E-state index contributed by atoms with van der Waals surface area (Å²) in [6, 6.07) is 5.88. The Morgan fingerprint density at radius 2 is 1.90 bits per heavy atom. The standard InChI is InChI=1S/C20H25ClN6O6S.C2HF3O2/c1-33-16-7-6-13(21)10-17(16)34(31,32)26-15-5-3-9-27(19(15)30)11-18(29)25-14(12-28)4-2-8-24-20(22)23;3-2(4,5)1(6)7/h3,5-7,9-10,12,14,26H,2,4,8,11H2,1H3,(H,25,29)(H4,22,23,24);(H,6,7)/t14-;/m0./s1. The Kier molecular flexibility index (Phi) is 13.1. The highest BCUT2D eigenvalue weighted by molar-refractivity contribution is 7.92. The second-order valence-corrected chi connectivity index (χ2v) is 9.90. The van der Waals surface area contributed by atoms with Crippen LogP contribution in [0.15, 0.2) is 51.2 Å². The second-order valence-electron chi connectivity index (χ2n) is 7.82.